The number of likely N-dealkylation sites (tertiary alicyclic amines) is 1. The highest BCUT2D eigenvalue weighted by Gasteiger charge is 2.32. The van der Waals surface area contributed by atoms with E-state index in [4.69, 9.17) is 5.11 Å². The number of urea groups is 1. The molecule has 98 valence electrons. The van der Waals surface area contributed by atoms with Gasteiger partial charge in [-0.15, -0.1) is 11.3 Å². The van der Waals surface area contributed by atoms with Crippen molar-refractivity contribution >= 4 is 28.5 Å². The van der Waals surface area contributed by atoms with Crippen molar-refractivity contribution in [1.82, 2.24) is 9.88 Å². The first-order chi connectivity index (χ1) is 8.58. The lowest BCUT2D eigenvalue weighted by Gasteiger charge is -2.32. The van der Waals surface area contributed by atoms with Crippen LogP contribution in [0.2, 0.25) is 0 Å². The number of carbonyl (C=O) groups excluding carboxylic acids is 1. The fraction of sp³-hybridized carbons (Fsp3) is 0.545. The summed E-state index contributed by atoms with van der Waals surface area (Å²) in [7, 11) is 0. The van der Waals surface area contributed by atoms with Gasteiger partial charge in [0.15, 0.2) is 5.13 Å². The molecule has 0 saturated carbocycles. The van der Waals surface area contributed by atoms with E-state index in [1.165, 1.54) is 16.2 Å². The van der Waals surface area contributed by atoms with Gasteiger partial charge in [-0.1, -0.05) is 0 Å². The molecule has 1 fully saturated rings. The second-order valence-corrected chi connectivity index (χ2v) is 5.48. The Balaban J connectivity index is 2.04. The zero-order valence-corrected chi connectivity index (χ0v) is 10.9. The Bertz CT molecular complexity index is 460. The lowest BCUT2D eigenvalue weighted by Crippen LogP contribution is -2.49. The van der Waals surface area contributed by atoms with E-state index < -0.39 is 12.0 Å². The number of rotatable bonds is 2. The number of thiazole rings is 1. The first-order valence-electron chi connectivity index (χ1n) is 5.81. The lowest BCUT2D eigenvalue weighted by molar-refractivity contribution is -0.143. The number of carboxylic acid groups (broad SMARTS) is 1. The minimum absolute atomic E-state index is 0.378. The quantitative estimate of drug-likeness (QED) is 0.859. The maximum absolute atomic E-state index is 12.0. The Morgan fingerprint density at radius 1 is 1.56 bits per heavy atom. The number of hydrogen-bond acceptors (Lipinski definition) is 4. The van der Waals surface area contributed by atoms with Gasteiger partial charge >= 0.3 is 12.0 Å². The van der Waals surface area contributed by atoms with Gasteiger partial charge in [-0.3, -0.25) is 5.32 Å². The molecule has 0 aromatic carbocycles. The molecule has 1 aliphatic heterocycles. The van der Waals surface area contributed by atoms with Crippen molar-refractivity contribution in [2.75, 3.05) is 11.9 Å². The Hall–Kier alpha value is -1.63. The van der Waals surface area contributed by atoms with Gasteiger partial charge in [0.1, 0.15) is 6.04 Å². The summed E-state index contributed by atoms with van der Waals surface area (Å²) in [5, 5.41) is 12.2. The first kappa shape index (κ1) is 12.8. The Morgan fingerprint density at radius 3 is 2.94 bits per heavy atom. The third kappa shape index (κ3) is 2.79. The highest BCUT2D eigenvalue weighted by Crippen LogP contribution is 2.21. The van der Waals surface area contributed by atoms with Crippen LogP contribution >= 0.6 is 11.3 Å². The molecule has 0 spiro atoms. The zero-order valence-electron chi connectivity index (χ0n) is 10.0. The Kier molecular flexibility index (Phi) is 3.81. The minimum atomic E-state index is -0.944. The molecule has 1 aliphatic rings. The molecule has 1 aromatic heterocycles. The van der Waals surface area contributed by atoms with E-state index in [9.17, 15) is 9.59 Å². The molecular formula is C11H15N3O3S. The van der Waals surface area contributed by atoms with Crippen LogP contribution in [0.1, 0.15) is 24.1 Å². The summed E-state index contributed by atoms with van der Waals surface area (Å²) in [6.07, 6.45) is 3.87. The molecule has 2 rings (SSSR count). The van der Waals surface area contributed by atoms with E-state index in [1.807, 2.05) is 6.92 Å². The SMILES string of the molecule is Cc1cnc(NC(=O)N2CCCCC2C(=O)O)s1. The number of aromatic nitrogens is 1. The number of anilines is 1. The average molecular weight is 269 g/mol. The van der Waals surface area contributed by atoms with Crippen LogP contribution in [0.5, 0.6) is 0 Å². The van der Waals surface area contributed by atoms with Crippen LogP contribution in [0.3, 0.4) is 0 Å². The van der Waals surface area contributed by atoms with Crippen molar-refractivity contribution in [2.45, 2.75) is 32.2 Å². The van der Waals surface area contributed by atoms with E-state index in [-0.39, 0.29) is 6.03 Å². The third-order valence-corrected chi connectivity index (χ3v) is 3.71. The predicted octanol–water partition coefficient (Wildman–Crippen LogP) is 1.92. The fourth-order valence-electron chi connectivity index (χ4n) is 2.01. The largest absolute Gasteiger partial charge is 0.480 e. The molecule has 1 saturated heterocycles. The molecule has 2 N–H and O–H groups in total. The number of aliphatic carboxylic acids is 1. The van der Waals surface area contributed by atoms with Gasteiger partial charge in [-0.25, -0.2) is 14.6 Å². The van der Waals surface area contributed by atoms with Gasteiger partial charge in [0, 0.05) is 17.6 Å². The van der Waals surface area contributed by atoms with E-state index in [0.29, 0.717) is 18.1 Å². The van der Waals surface area contributed by atoms with E-state index in [0.717, 1.165) is 17.7 Å². The summed E-state index contributed by atoms with van der Waals surface area (Å²) in [6, 6.07) is -1.10. The van der Waals surface area contributed by atoms with E-state index in [1.54, 1.807) is 6.20 Å². The van der Waals surface area contributed by atoms with Gasteiger partial charge in [-0.05, 0) is 26.2 Å². The summed E-state index contributed by atoms with van der Waals surface area (Å²) < 4.78 is 0. The van der Waals surface area contributed by atoms with Crippen LogP contribution in [0.15, 0.2) is 6.20 Å². The molecule has 2 heterocycles. The van der Waals surface area contributed by atoms with Crippen molar-refractivity contribution in [3.8, 4) is 0 Å². The number of piperidine rings is 1. The maximum atomic E-state index is 12.0. The summed E-state index contributed by atoms with van der Waals surface area (Å²) in [5.74, 6) is -0.944. The number of amides is 2. The lowest BCUT2D eigenvalue weighted by atomic mass is 10.0. The van der Waals surface area contributed by atoms with Crippen LogP contribution in [-0.4, -0.2) is 39.6 Å². The molecule has 1 atom stereocenters. The van der Waals surface area contributed by atoms with Crippen LogP contribution in [0, 0.1) is 6.92 Å². The van der Waals surface area contributed by atoms with Gasteiger partial charge in [-0.2, -0.15) is 0 Å². The summed E-state index contributed by atoms with van der Waals surface area (Å²) >= 11 is 1.37. The molecular weight excluding hydrogens is 254 g/mol. The van der Waals surface area contributed by atoms with E-state index in [2.05, 4.69) is 10.3 Å². The number of carbonyl (C=O) groups is 2. The number of carboxylic acids is 1. The molecule has 18 heavy (non-hydrogen) atoms. The topological polar surface area (TPSA) is 82.5 Å². The van der Waals surface area contributed by atoms with Crippen LogP contribution < -0.4 is 5.32 Å². The minimum Gasteiger partial charge on any atom is -0.480 e. The summed E-state index contributed by atoms with van der Waals surface area (Å²) in [6.45, 7) is 2.38. The normalized spacial score (nSPS) is 19.6. The second kappa shape index (κ2) is 5.34. The summed E-state index contributed by atoms with van der Waals surface area (Å²) in [5.41, 5.74) is 0. The monoisotopic (exact) mass is 269 g/mol. The standard InChI is InChI=1S/C11H15N3O3S/c1-7-6-12-10(18-7)13-11(17)14-5-3-2-4-8(14)9(15)16/h6,8H,2-5H2,1H3,(H,15,16)(H,12,13,17). The molecule has 1 unspecified atom stereocenters. The van der Waals surface area contributed by atoms with Gasteiger partial charge in [0.25, 0.3) is 0 Å². The molecule has 1 aromatic rings. The first-order valence-corrected chi connectivity index (χ1v) is 6.62. The van der Waals surface area contributed by atoms with Crippen LogP contribution in [0.4, 0.5) is 9.93 Å². The van der Waals surface area contributed by atoms with Gasteiger partial charge in [0.2, 0.25) is 0 Å². The van der Waals surface area contributed by atoms with Gasteiger partial charge in [0.05, 0.1) is 0 Å². The number of aryl methyl sites for hydroxylation is 1. The number of nitrogens with one attached hydrogen (secondary N) is 1. The van der Waals surface area contributed by atoms with Crippen molar-refractivity contribution in [2.24, 2.45) is 0 Å². The predicted molar refractivity (Wildman–Crippen MR) is 67.9 cm³/mol. The Labute approximate surface area is 109 Å². The third-order valence-electron chi connectivity index (χ3n) is 2.88. The van der Waals surface area contributed by atoms with Crippen molar-refractivity contribution < 1.29 is 14.7 Å². The molecule has 6 nitrogen and oxygen atoms in total. The Morgan fingerprint density at radius 2 is 2.33 bits per heavy atom. The molecule has 0 radical (unpaired) electrons. The second-order valence-electron chi connectivity index (χ2n) is 4.25. The highest BCUT2D eigenvalue weighted by molar-refractivity contribution is 7.15. The molecule has 0 aliphatic carbocycles. The van der Waals surface area contributed by atoms with Crippen molar-refractivity contribution in [1.29, 1.82) is 0 Å². The number of nitrogens with zero attached hydrogens (tertiary/aromatic N) is 2. The van der Waals surface area contributed by atoms with Crippen molar-refractivity contribution in [3.05, 3.63) is 11.1 Å². The smallest absolute Gasteiger partial charge is 0.326 e. The maximum Gasteiger partial charge on any atom is 0.326 e. The fourth-order valence-corrected chi connectivity index (χ4v) is 2.66. The molecule has 0 bridgehead atoms. The van der Waals surface area contributed by atoms with Gasteiger partial charge < -0.3 is 10.0 Å². The summed E-state index contributed by atoms with van der Waals surface area (Å²) in [4.78, 5) is 29.5. The molecule has 2 amide bonds. The van der Waals surface area contributed by atoms with Crippen LogP contribution in [0.25, 0.3) is 0 Å². The van der Waals surface area contributed by atoms with E-state index >= 15 is 0 Å². The zero-order chi connectivity index (χ0) is 13.1. The highest BCUT2D eigenvalue weighted by atomic mass is 32.1. The number of hydrogen-bond donors (Lipinski definition) is 2. The van der Waals surface area contributed by atoms with Crippen molar-refractivity contribution in [3.63, 3.8) is 0 Å². The average Bonchev–Trinajstić information content (AvgIpc) is 2.74. The molecule has 7 heteroatoms. The van der Waals surface area contributed by atoms with Crippen LogP contribution in [-0.2, 0) is 4.79 Å².